The molecule has 181 valence electrons. The monoisotopic (exact) mass is 555 g/mol. The molecule has 6 nitrogen and oxygen atoms in total. The Bertz CT molecular complexity index is 1440. The zero-order chi connectivity index (χ0) is 23.8. The molecule has 3 heterocycles. The minimum atomic E-state index is 0. The molecule has 2 saturated heterocycles. The van der Waals surface area contributed by atoms with Crippen molar-refractivity contribution in [1.82, 2.24) is 9.97 Å². The topological polar surface area (TPSA) is 62.7 Å². The maximum absolute atomic E-state index is 6.19. The predicted octanol–water partition coefficient (Wildman–Crippen LogP) is 3.53. The molecule has 7 rings (SSSR count). The fourth-order valence-electron chi connectivity index (χ4n) is 5.21. The van der Waals surface area contributed by atoms with E-state index in [2.05, 4.69) is 37.3 Å². The molecule has 3 aliphatic carbocycles. The van der Waals surface area contributed by atoms with E-state index in [1.165, 1.54) is 0 Å². The summed E-state index contributed by atoms with van der Waals surface area (Å²) in [6.07, 6.45) is 8.96. The summed E-state index contributed by atoms with van der Waals surface area (Å²) in [7, 11) is 0. The zero-order valence-electron chi connectivity index (χ0n) is 20.3. The number of fused-ring (bicyclic) bond motifs is 3. The van der Waals surface area contributed by atoms with Gasteiger partial charge in [-0.1, -0.05) is 42.3 Å². The first-order chi connectivity index (χ1) is 17.4. The second-order valence-electron chi connectivity index (χ2n) is 8.43. The quantitative estimate of drug-likeness (QED) is 0.541. The number of aromatic nitrogens is 2. The van der Waals surface area contributed by atoms with Crippen LogP contribution < -0.4 is 10.7 Å². The Morgan fingerprint density at radius 2 is 1.22 bits per heavy atom. The van der Waals surface area contributed by atoms with E-state index in [0.717, 1.165) is 73.6 Å². The van der Waals surface area contributed by atoms with Crippen LogP contribution in [0.4, 0.5) is 0 Å². The molecule has 1 radical (unpaired) electrons. The molecule has 2 aliphatic heterocycles. The predicted molar refractivity (Wildman–Crippen MR) is 131 cm³/mol. The van der Waals surface area contributed by atoms with E-state index in [4.69, 9.17) is 28.9 Å². The molecule has 0 saturated carbocycles. The van der Waals surface area contributed by atoms with Gasteiger partial charge in [0.25, 0.3) is 0 Å². The third-order valence-electron chi connectivity index (χ3n) is 6.64. The van der Waals surface area contributed by atoms with Gasteiger partial charge in [0.15, 0.2) is 11.5 Å². The van der Waals surface area contributed by atoms with Crippen molar-refractivity contribution in [1.29, 1.82) is 0 Å². The van der Waals surface area contributed by atoms with Gasteiger partial charge in [0.05, 0.1) is 17.3 Å². The van der Waals surface area contributed by atoms with Crippen LogP contribution in [0.15, 0.2) is 76.9 Å². The van der Waals surface area contributed by atoms with Crippen molar-refractivity contribution in [2.75, 3.05) is 26.4 Å². The van der Waals surface area contributed by atoms with Gasteiger partial charge < -0.3 is 25.9 Å². The molecule has 0 unspecified atom stereocenters. The number of hydrogen-bond donors (Lipinski definition) is 0. The summed E-state index contributed by atoms with van der Waals surface area (Å²) in [5.74, 6) is 3.24. The second-order valence-corrected chi connectivity index (χ2v) is 8.43. The molecular formula is C29H26N2O4Y-2. The van der Waals surface area contributed by atoms with Crippen LogP contribution >= 0.6 is 0 Å². The molecule has 0 spiro atoms. The first-order valence-electron chi connectivity index (χ1n) is 12.0. The van der Waals surface area contributed by atoms with Gasteiger partial charge in [-0.05, 0) is 22.5 Å². The molecule has 1 aromatic carbocycles. The second kappa shape index (κ2) is 10.7. The maximum atomic E-state index is 6.19. The van der Waals surface area contributed by atoms with E-state index in [1.807, 2.05) is 6.07 Å². The van der Waals surface area contributed by atoms with E-state index in [-0.39, 0.29) is 32.7 Å². The summed E-state index contributed by atoms with van der Waals surface area (Å²) in [5.41, 5.74) is 6.84. The van der Waals surface area contributed by atoms with Crippen molar-refractivity contribution in [2.45, 2.75) is 26.2 Å². The van der Waals surface area contributed by atoms with Crippen molar-refractivity contribution in [3.05, 3.63) is 106 Å². The molecule has 0 bridgehead atoms. The van der Waals surface area contributed by atoms with Gasteiger partial charge >= 0.3 is 0 Å². The summed E-state index contributed by atoms with van der Waals surface area (Å²) in [5, 5.41) is 1.82. The number of hydrogen-bond acceptors (Lipinski definition) is 6. The minimum Gasteiger partial charge on any atom is -0.572 e. The van der Waals surface area contributed by atoms with E-state index in [1.54, 1.807) is 19.3 Å². The normalized spacial score (nSPS) is 19.6. The van der Waals surface area contributed by atoms with Crippen molar-refractivity contribution in [3.63, 3.8) is 0 Å². The van der Waals surface area contributed by atoms with Crippen LogP contribution in [-0.4, -0.2) is 36.4 Å². The third-order valence-corrected chi connectivity index (χ3v) is 6.64. The number of allylic oxidation sites excluding steroid dienone is 4. The van der Waals surface area contributed by atoms with E-state index >= 15 is 0 Å². The Morgan fingerprint density at radius 3 is 1.92 bits per heavy atom. The van der Waals surface area contributed by atoms with E-state index in [0.29, 0.717) is 39.3 Å². The number of nitrogens with zero attached hydrogens (tertiary/aromatic N) is 2. The Kier molecular flexibility index (Phi) is 7.45. The molecule has 7 heteroatoms. The maximum Gasteiger partial charge on any atom is 0.165 e. The standard InChI is InChI=1S/C27H21N2O4.C2H5.Y/c1-2-4-16(5-3-1)18-14-21(27-26(18)32-12-13-33-27)20-15-19(23-24(20)29-9-8-28-23)17-6-7-22-25(17)31-11-10-30-22;1-2;/h1-5,8-9H,6,10-15H2;1H2,2H3;/q2*-1;. The molecule has 0 atom stereocenters. The average Bonchev–Trinajstić information content (AvgIpc) is 3.64. The van der Waals surface area contributed by atoms with Gasteiger partial charge in [-0.25, -0.2) is 6.08 Å². The fraction of sp³-hybridized carbons (Fsp3) is 0.276. The molecular weight excluding hydrogens is 529 g/mol. The van der Waals surface area contributed by atoms with Gasteiger partial charge in [-0.3, -0.25) is 9.97 Å². The smallest absolute Gasteiger partial charge is 0.165 e. The van der Waals surface area contributed by atoms with Crippen molar-refractivity contribution in [3.8, 4) is 0 Å². The molecule has 2 aromatic rings. The van der Waals surface area contributed by atoms with E-state index in [9.17, 15) is 0 Å². The van der Waals surface area contributed by atoms with Crippen molar-refractivity contribution in [2.24, 2.45) is 0 Å². The van der Waals surface area contributed by atoms with Crippen LogP contribution in [0.1, 0.15) is 31.7 Å². The molecule has 36 heavy (non-hydrogen) atoms. The van der Waals surface area contributed by atoms with Gasteiger partial charge in [0.1, 0.15) is 19.8 Å². The molecule has 1 aromatic heterocycles. The van der Waals surface area contributed by atoms with Gasteiger partial charge in [0.2, 0.25) is 0 Å². The van der Waals surface area contributed by atoms with Crippen LogP contribution in [0.3, 0.4) is 0 Å². The number of rotatable bonds is 3. The summed E-state index contributed by atoms with van der Waals surface area (Å²) in [6.45, 7) is 7.22. The van der Waals surface area contributed by atoms with Crippen LogP contribution in [-0.2, 0) is 51.7 Å². The first-order valence-corrected chi connectivity index (χ1v) is 12.0. The van der Waals surface area contributed by atoms with Crippen molar-refractivity contribution >= 4 is 16.7 Å². The summed E-state index contributed by atoms with van der Waals surface area (Å²) >= 11 is 0. The molecule has 2 fully saturated rings. The fourth-order valence-corrected chi connectivity index (χ4v) is 5.21. The minimum absolute atomic E-state index is 0. The molecule has 5 aliphatic rings. The average molecular weight is 555 g/mol. The summed E-state index contributed by atoms with van der Waals surface area (Å²) < 4.78 is 24.0. The number of ether oxygens (including phenoxy) is 4. The Morgan fingerprint density at radius 1 is 0.667 bits per heavy atom. The summed E-state index contributed by atoms with van der Waals surface area (Å²) in [6, 6.07) is 10.4. The number of benzene rings is 1. The first kappa shape index (κ1) is 25.0. The van der Waals surface area contributed by atoms with Crippen LogP contribution in [0.5, 0.6) is 0 Å². The Labute approximate surface area is 236 Å². The SMILES string of the molecule is [C-]1=C2OCCOC2=C(C2=c3nccnc3=C(C3=C4OCCOC4=C(c4ccccc4)C3)C2)C1.[CH2-]C.[Y]. The van der Waals surface area contributed by atoms with Gasteiger partial charge in [-0.15, -0.1) is 0 Å². The van der Waals surface area contributed by atoms with Gasteiger partial charge in [0, 0.05) is 74.8 Å². The van der Waals surface area contributed by atoms with Crippen molar-refractivity contribution < 1.29 is 51.7 Å². The Balaban J connectivity index is 0.000000869. The summed E-state index contributed by atoms with van der Waals surface area (Å²) in [4.78, 5) is 9.48. The van der Waals surface area contributed by atoms with E-state index < -0.39 is 0 Å². The third kappa shape index (κ3) is 4.14. The van der Waals surface area contributed by atoms with Crippen LogP contribution in [0.25, 0.3) is 16.7 Å². The molecule has 0 N–H and O–H groups in total. The van der Waals surface area contributed by atoms with Crippen LogP contribution in [0, 0.1) is 13.0 Å². The van der Waals surface area contributed by atoms with Crippen LogP contribution in [0.2, 0.25) is 0 Å². The largest absolute Gasteiger partial charge is 0.572 e. The molecule has 0 amide bonds. The Hall–Kier alpha value is -2.70. The van der Waals surface area contributed by atoms with Gasteiger partial charge in [-0.2, -0.15) is 6.92 Å². The zero-order valence-corrected chi connectivity index (χ0v) is 23.1.